The van der Waals surface area contributed by atoms with Gasteiger partial charge in [-0.1, -0.05) is 231 Å². The van der Waals surface area contributed by atoms with E-state index in [0.717, 1.165) is 28.2 Å². The third-order valence-electron chi connectivity index (χ3n) is 13.5. The molecule has 0 atom stereocenters. The van der Waals surface area contributed by atoms with Crippen molar-refractivity contribution in [1.82, 2.24) is 0 Å². The van der Waals surface area contributed by atoms with Gasteiger partial charge in [-0.05, 0) is 126 Å². The molecule has 0 fully saturated rings. The van der Waals surface area contributed by atoms with Gasteiger partial charge in [0.05, 0.1) is 11.1 Å². The minimum absolute atomic E-state index is 0.532. The number of fused-ring (bicyclic) bond motifs is 4. The molecule has 0 bridgehead atoms. The molecule has 0 aliphatic heterocycles. The van der Waals surface area contributed by atoms with Crippen LogP contribution in [0.15, 0.2) is 273 Å². The van der Waals surface area contributed by atoms with Crippen LogP contribution in [0, 0.1) is 0 Å². The molecule has 11 aromatic rings. The number of benzene rings is 11. The van der Waals surface area contributed by atoms with Gasteiger partial charge >= 0.3 is 0 Å². The third-order valence-corrected chi connectivity index (χ3v) is 13.5. The Balaban J connectivity index is 1.06. The highest BCUT2D eigenvalue weighted by Crippen LogP contribution is 2.57. The summed E-state index contributed by atoms with van der Waals surface area (Å²) in [5.74, 6) is 0. The first-order valence-electron chi connectivity index (χ1n) is 22.8. The van der Waals surface area contributed by atoms with Crippen LogP contribution in [0.5, 0.6) is 0 Å². The summed E-state index contributed by atoms with van der Waals surface area (Å²) in [5, 5.41) is 2.49. The quantitative estimate of drug-likeness (QED) is 0.140. The van der Waals surface area contributed by atoms with Crippen molar-refractivity contribution in [2.75, 3.05) is 4.90 Å². The van der Waals surface area contributed by atoms with E-state index in [9.17, 15) is 0 Å². The fourth-order valence-corrected chi connectivity index (χ4v) is 10.6. The van der Waals surface area contributed by atoms with Crippen molar-refractivity contribution in [2.45, 2.75) is 5.41 Å². The molecular formula is C65H45N. The Morgan fingerprint density at radius 1 is 0.258 bits per heavy atom. The lowest BCUT2D eigenvalue weighted by Gasteiger charge is -2.35. The van der Waals surface area contributed by atoms with Crippen LogP contribution in [-0.2, 0) is 5.41 Å². The molecular weight excluding hydrogens is 795 g/mol. The van der Waals surface area contributed by atoms with Gasteiger partial charge in [-0.2, -0.15) is 0 Å². The molecule has 0 saturated carbocycles. The molecule has 0 amide bonds. The van der Waals surface area contributed by atoms with E-state index in [1.54, 1.807) is 0 Å². The highest BCUT2D eigenvalue weighted by atomic mass is 15.1. The van der Waals surface area contributed by atoms with Crippen LogP contribution in [0.3, 0.4) is 0 Å². The molecule has 1 nitrogen and oxygen atoms in total. The van der Waals surface area contributed by atoms with E-state index in [1.807, 2.05) is 0 Å². The summed E-state index contributed by atoms with van der Waals surface area (Å²) in [4.78, 5) is 2.47. The Morgan fingerprint density at radius 2 is 0.727 bits per heavy atom. The molecule has 0 aromatic heterocycles. The largest absolute Gasteiger partial charge is 0.310 e. The zero-order chi connectivity index (χ0) is 43.9. The van der Waals surface area contributed by atoms with Crippen molar-refractivity contribution < 1.29 is 0 Å². The maximum Gasteiger partial charge on any atom is 0.0714 e. The van der Waals surface area contributed by atoms with Crippen molar-refractivity contribution >= 4 is 27.8 Å². The highest BCUT2D eigenvalue weighted by Gasteiger charge is 2.46. The van der Waals surface area contributed by atoms with E-state index in [1.165, 1.54) is 77.5 Å². The van der Waals surface area contributed by atoms with Crippen LogP contribution in [0.1, 0.15) is 22.3 Å². The summed E-state index contributed by atoms with van der Waals surface area (Å²) in [6, 6.07) is 100. The van der Waals surface area contributed by atoms with Gasteiger partial charge in [0.15, 0.2) is 0 Å². The lowest BCUT2D eigenvalue weighted by molar-refractivity contribution is 0.768. The molecule has 0 spiro atoms. The third kappa shape index (κ3) is 6.64. The summed E-state index contributed by atoms with van der Waals surface area (Å²) in [7, 11) is 0. The summed E-state index contributed by atoms with van der Waals surface area (Å²) >= 11 is 0. The maximum atomic E-state index is 2.47. The summed E-state index contributed by atoms with van der Waals surface area (Å²) in [5.41, 5.74) is 19.8. The van der Waals surface area contributed by atoms with Gasteiger partial charge in [0.25, 0.3) is 0 Å². The minimum Gasteiger partial charge on any atom is -0.310 e. The van der Waals surface area contributed by atoms with Gasteiger partial charge < -0.3 is 4.90 Å². The van der Waals surface area contributed by atoms with Crippen LogP contribution >= 0.6 is 0 Å². The molecule has 0 N–H and O–H groups in total. The number of rotatable bonds is 9. The van der Waals surface area contributed by atoms with Crippen molar-refractivity contribution in [2.24, 2.45) is 0 Å². The van der Waals surface area contributed by atoms with Crippen molar-refractivity contribution in [3.63, 3.8) is 0 Å². The van der Waals surface area contributed by atoms with Crippen molar-refractivity contribution in [3.8, 4) is 55.6 Å². The van der Waals surface area contributed by atoms with Crippen molar-refractivity contribution in [1.29, 1.82) is 0 Å². The first-order chi connectivity index (χ1) is 32.7. The van der Waals surface area contributed by atoms with E-state index in [4.69, 9.17) is 0 Å². The SMILES string of the molecule is c1ccc(-c2cccc(-c3ccc(N(c4ccc5c(c4)C(c4ccccc4)(c4ccccc4)c4ccccc4-5)c4ccccc4-c4cccc(-c5cccc6ccccc56)c4)cc3)c2)cc1. The number of para-hydroxylation sites is 1. The van der Waals surface area contributed by atoms with E-state index >= 15 is 0 Å². The number of hydrogen-bond donors (Lipinski definition) is 0. The van der Waals surface area contributed by atoms with Gasteiger partial charge in [0.1, 0.15) is 0 Å². The Hall–Kier alpha value is -8.52. The van der Waals surface area contributed by atoms with Crippen LogP contribution < -0.4 is 4.90 Å². The normalized spacial score (nSPS) is 12.4. The number of anilines is 3. The van der Waals surface area contributed by atoms with E-state index in [-0.39, 0.29) is 0 Å². The predicted octanol–water partition coefficient (Wildman–Crippen LogP) is 17.3. The summed E-state index contributed by atoms with van der Waals surface area (Å²) in [6.07, 6.45) is 0. The zero-order valence-corrected chi connectivity index (χ0v) is 36.4. The smallest absolute Gasteiger partial charge is 0.0714 e. The average molecular weight is 840 g/mol. The number of hydrogen-bond acceptors (Lipinski definition) is 1. The summed E-state index contributed by atoms with van der Waals surface area (Å²) < 4.78 is 0. The van der Waals surface area contributed by atoms with Gasteiger partial charge in [-0.15, -0.1) is 0 Å². The lowest BCUT2D eigenvalue weighted by atomic mass is 9.67. The van der Waals surface area contributed by atoms with E-state index in [0.29, 0.717) is 0 Å². The monoisotopic (exact) mass is 839 g/mol. The minimum atomic E-state index is -0.532. The molecule has 0 radical (unpaired) electrons. The Kier molecular flexibility index (Phi) is 9.81. The van der Waals surface area contributed by atoms with Crippen LogP contribution in [0.25, 0.3) is 66.4 Å². The molecule has 1 aliphatic rings. The Bertz CT molecular complexity index is 3470. The standard InChI is InChI=1S/C65H45N/c1-4-19-46(20-5-1)49-23-16-24-50(43-49)47-37-39-55(40-38-47)66(64-36-15-13-32-59(64)52-26-17-25-51(44-52)58-34-18-22-48-21-10-11-31-57(48)58)56-41-42-61-60-33-12-14-35-62(60)65(63(61)45-56,53-27-6-2-7-28-53)54-29-8-3-9-30-54/h1-45H. The Labute approximate surface area is 387 Å². The molecule has 0 heterocycles. The van der Waals surface area contributed by atoms with Gasteiger partial charge in [0, 0.05) is 16.9 Å². The Morgan fingerprint density at radius 3 is 1.45 bits per heavy atom. The second kappa shape index (κ2) is 16.6. The topological polar surface area (TPSA) is 3.24 Å². The van der Waals surface area contributed by atoms with Crippen LogP contribution in [0.4, 0.5) is 17.1 Å². The molecule has 1 aliphatic carbocycles. The van der Waals surface area contributed by atoms with Gasteiger partial charge in [0.2, 0.25) is 0 Å². The molecule has 0 unspecified atom stereocenters. The summed E-state index contributed by atoms with van der Waals surface area (Å²) in [6.45, 7) is 0. The highest BCUT2D eigenvalue weighted by molar-refractivity contribution is 5.98. The van der Waals surface area contributed by atoms with Crippen molar-refractivity contribution in [3.05, 3.63) is 295 Å². The van der Waals surface area contributed by atoms with E-state index in [2.05, 4.69) is 278 Å². The number of nitrogens with zero attached hydrogens (tertiary/aromatic N) is 1. The fourth-order valence-electron chi connectivity index (χ4n) is 10.6. The molecule has 0 saturated heterocycles. The fraction of sp³-hybridized carbons (Fsp3) is 0.0154. The van der Waals surface area contributed by atoms with Gasteiger partial charge in [-0.3, -0.25) is 0 Å². The maximum absolute atomic E-state index is 2.47. The molecule has 66 heavy (non-hydrogen) atoms. The zero-order valence-electron chi connectivity index (χ0n) is 36.4. The predicted molar refractivity (Wildman–Crippen MR) is 278 cm³/mol. The molecule has 11 aromatic carbocycles. The van der Waals surface area contributed by atoms with Gasteiger partial charge in [-0.25, -0.2) is 0 Å². The van der Waals surface area contributed by atoms with E-state index < -0.39 is 5.41 Å². The molecule has 1 heteroatoms. The first kappa shape index (κ1) is 39.1. The first-order valence-corrected chi connectivity index (χ1v) is 22.8. The lowest BCUT2D eigenvalue weighted by Crippen LogP contribution is -2.28. The molecule has 310 valence electrons. The second-order valence-electron chi connectivity index (χ2n) is 17.2. The van der Waals surface area contributed by atoms with Crippen LogP contribution in [-0.4, -0.2) is 0 Å². The average Bonchev–Trinajstić information content (AvgIpc) is 3.70. The molecule has 12 rings (SSSR count). The van der Waals surface area contributed by atoms with Crippen LogP contribution in [0.2, 0.25) is 0 Å². The second-order valence-corrected chi connectivity index (χ2v) is 17.2.